The van der Waals surface area contributed by atoms with E-state index in [1.807, 2.05) is 60.1 Å². The topological polar surface area (TPSA) is 95.8 Å². The molecule has 0 spiro atoms. The third-order valence-electron chi connectivity index (χ3n) is 7.62. The van der Waals surface area contributed by atoms with Crippen molar-refractivity contribution < 1.29 is 0 Å². The number of H-pyrrole nitrogens is 1. The number of thiazole rings is 1. The molecule has 0 saturated carbocycles. The highest BCUT2D eigenvalue weighted by atomic mass is 32.1. The first-order valence-corrected chi connectivity index (χ1v) is 14.2. The van der Waals surface area contributed by atoms with Crippen molar-refractivity contribution in [1.29, 1.82) is 0 Å². The van der Waals surface area contributed by atoms with Gasteiger partial charge in [-0.15, -0.1) is 5.10 Å². The highest BCUT2D eigenvalue weighted by Gasteiger charge is 2.33. The monoisotopic (exact) mass is 548 g/mol. The van der Waals surface area contributed by atoms with Crippen LogP contribution < -0.4 is 10.5 Å². The fourth-order valence-electron chi connectivity index (χ4n) is 5.55. The lowest BCUT2D eigenvalue weighted by Crippen LogP contribution is -2.49. The first-order valence-electron chi connectivity index (χ1n) is 13.4. The molecule has 1 fully saturated rings. The Hall–Kier alpha value is -4.41. The number of pyridine rings is 1. The molecule has 1 aliphatic rings. The average molecular weight is 549 g/mol. The van der Waals surface area contributed by atoms with Gasteiger partial charge in [-0.1, -0.05) is 72.0 Å². The number of para-hydroxylation sites is 2. The summed E-state index contributed by atoms with van der Waals surface area (Å²) < 4.78 is 3.01. The van der Waals surface area contributed by atoms with Crippen LogP contribution in [0.5, 0.6) is 0 Å². The lowest BCUT2D eigenvalue weighted by molar-refractivity contribution is 0.200. The van der Waals surface area contributed by atoms with Gasteiger partial charge in [0.15, 0.2) is 11.0 Å². The van der Waals surface area contributed by atoms with Crippen LogP contribution in [-0.2, 0) is 6.54 Å². The molecule has 10 heteroatoms. The van der Waals surface area contributed by atoms with Gasteiger partial charge in [-0.3, -0.25) is 9.69 Å². The quantitative estimate of drug-likeness (QED) is 0.330. The van der Waals surface area contributed by atoms with Crippen molar-refractivity contribution in [3.63, 3.8) is 0 Å². The number of hydrogen-bond acceptors (Lipinski definition) is 8. The Labute approximate surface area is 234 Å². The molecule has 3 aromatic carbocycles. The summed E-state index contributed by atoms with van der Waals surface area (Å²) in [6.45, 7) is 5.60. The van der Waals surface area contributed by atoms with Gasteiger partial charge in [0, 0.05) is 31.7 Å². The number of nitrogens with one attached hydrogen (secondary N) is 1. The van der Waals surface area contributed by atoms with Crippen molar-refractivity contribution in [2.45, 2.75) is 19.5 Å². The number of benzene rings is 3. The molecule has 200 valence electrons. The Morgan fingerprint density at radius 3 is 2.58 bits per heavy atom. The SMILES string of the molecule is Cc1cccc2cc([C@@H](c3nnnn3Cc3ccccc3)N3CCN(c4nc5ccccc5s4)CC3)c(=O)[nH]c12. The van der Waals surface area contributed by atoms with E-state index in [1.165, 1.54) is 4.70 Å². The van der Waals surface area contributed by atoms with Gasteiger partial charge in [0.25, 0.3) is 5.56 Å². The fourth-order valence-corrected chi connectivity index (χ4v) is 6.56. The van der Waals surface area contributed by atoms with E-state index in [1.54, 1.807) is 11.3 Å². The molecule has 0 bridgehead atoms. The minimum Gasteiger partial charge on any atom is -0.345 e. The van der Waals surface area contributed by atoms with Crippen LogP contribution in [0.15, 0.2) is 83.7 Å². The number of nitrogens with zero attached hydrogens (tertiary/aromatic N) is 7. The summed E-state index contributed by atoms with van der Waals surface area (Å²) in [5, 5.41) is 14.9. The number of piperazine rings is 1. The molecule has 9 nitrogen and oxygen atoms in total. The molecule has 6 aromatic rings. The van der Waals surface area contributed by atoms with Gasteiger partial charge in [-0.2, -0.15) is 0 Å². The Bertz CT molecular complexity index is 1820. The molecular weight excluding hydrogens is 520 g/mol. The van der Waals surface area contributed by atoms with Crippen molar-refractivity contribution in [2.75, 3.05) is 31.1 Å². The molecule has 0 amide bonds. The average Bonchev–Trinajstić information content (AvgIpc) is 3.62. The summed E-state index contributed by atoms with van der Waals surface area (Å²) in [5.41, 5.74) is 4.56. The highest BCUT2D eigenvalue weighted by molar-refractivity contribution is 7.22. The van der Waals surface area contributed by atoms with Gasteiger partial charge in [-0.25, -0.2) is 9.67 Å². The molecule has 7 rings (SSSR count). The fraction of sp³-hybridized carbons (Fsp3) is 0.233. The molecule has 3 aromatic heterocycles. The summed E-state index contributed by atoms with van der Waals surface area (Å²) in [6, 6.07) is 26.1. The molecule has 0 unspecified atom stereocenters. The van der Waals surface area contributed by atoms with Crippen LogP contribution in [-0.4, -0.2) is 61.3 Å². The van der Waals surface area contributed by atoms with Gasteiger partial charge >= 0.3 is 0 Å². The van der Waals surface area contributed by atoms with E-state index in [2.05, 4.69) is 60.6 Å². The number of hydrogen-bond donors (Lipinski definition) is 1. The molecule has 0 radical (unpaired) electrons. The summed E-state index contributed by atoms with van der Waals surface area (Å²) in [4.78, 5) is 26.3. The second-order valence-electron chi connectivity index (χ2n) is 10.2. The van der Waals surface area contributed by atoms with Crippen LogP contribution in [0.25, 0.3) is 21.1 Å². The van der Waals surface area contributed by atoms with Crippen molar-refractivity contribution in [1.82, 2.24) is 35.1 Å². The lowest BCUT2D eigenvalue weighted by atomic mass is 10.0. The molecular formula is C30H28N8OS. The summed E-state index contributed by atoms with van der Waals surface area (Å²) in [5.74, 6) is 0.662. The largest absolute Gasteiger partial charge is 0.345 e. The number of fused-ring (bicyclic) bond motifs is 2. The van der Waals surface area contributed by atoms with Crippen LogP contribution in [0, 0.1) is 6.92 Å². The van der Waals surface area contributed by atoms with Gasteiger partial charge in [0.2, 0.25) is 0 Å². The van der Waals surface area contributed by atoms with Gasteiger partial charge < -0.3 is 9.88 Å². The summed E-state index contributed by atoms with van der Waals surface area (Å²) >= 11 is 1.72. The first kappa shape index (κ1) is 24.6. The minimum absolute atomic E-state index is 0.116. The molecule has 1 atom stereocenters. The standard InChI is InChI=1S/C30H28N8OS/c1-20-8-7-11-22-18-23(29(39)32-26(20)22)27(28-33-34-35-38(28)19-21-9-3-2-4-10-21)36-14-16-37(17-15-36)30-31-24-12-5-6-13-25(24)40-30/h2-13,18,27H,14-17,19H2,1H3,(H,32,39)/t27-/m0/s1. The molecule has 1 aliphatic heterocycles. The zero-order chi connectivity index (χ0) is 27.1. The van der Waals surface area contributed by atoms with Gasteiger partial charge in [-0.05, 0) is 52.1 Å². The van der Waals surface area contributed by atoms with E-state index < -0.39 is 6.04 Å². The Morgan fingerprint density at radius 1 is 0.950 bits per heavy atom. The summed E-state index contributed by atoms with van der Waals surface area (Å²) in [7, 11) is 0. The van der Waals surface area contributed by atoms with Crippen LogP contribution in [0.2, 0.25) is 0 Å². The van der Waals surface area contributed by atoms with Crippen LogP contribution in [0.4, 0.5) is 5.13 Å². The Kier molecular flexibility index (Phi) is 6.33. The maximum Gasteiger partial charge on any atom is 0.253 e. The Morgan fingerprint density at radius 2 is 1.75 bits per heavy atom. The zero-order valence-corrected chi connectivity index (χ0v) is 22.9. The van der Waals surface area contributed by atoms with E-state index in [4.69, 9.17) is 4.98 Å². The van der Waals surface area contributed by atoms with Crippen molar-refractivity contribution in [3.05, 3.63) is 112 Å². The number of aromatic amines is 1. The first-order chi connectivity index (χ1) is 19.6. The number of anilines is 1. The smallest absolute Gasteiger partial charge is 0.253 e. The number of tetrazole rings is 1. The van der Waals surface area contributed by atoms with Crippen molar-refractivity contribution >= 4 is 37.6 Å². The third kappa shape index (κ3) is 4.55. The molecule has 40 heavy (non-hydrogen) atoms. The van der Waals surface area contributed by atoms with E-state index >= 15 is 0 Å². The summed E-state index contributed by atoms with van der Waals surface area (Å²) in [6.07, 6.45) is 0. The van der Waals surface area contributed by atoms with E-state index in [-0.39, 0.29) is 5.56 Å². The normalized spacial score (nSPS) is 15.2. The molecule has 0 aliphatic carbocycles. The maximum absolute atomic E-state index is 13.6. The van der Waals surface area contributed by atoms with Gasteiger partial charge in [0.1, 0.15) is 6.04 Å². The number of aryl methyl sites for hydroxylation is 1. The van der Waals surface area contributed by atoms with Crippen LogP contribution in [0.1, 0.15) is 28.6 Å². The maximum atomic E-state index is 13.6. The van der Waals surface area contributed by atoms with E-state index in [0.717, 1.165) is 58.9 Å². The Balaban J connectivity index is 1.25. The van der Waals surface area contributed by atoms with Crippen molar-refractivity contribution in [2.24, 2.45) is 0 Å². The van der Waals surface area contributed by atoms with E-state index in [9.17, 15) is 4.79 Å². The second kappa shape index (κ2) is 10.3. The van der Waals surface area contributed by atoms with Crippen LogP contribution >= 0.6 is 11.3 Å². The van der Waals surface area contributed by atoms with E-state index in [0.29, 0.717) is 17.9 Å². The molecule has 1 saturated heterocycles. The van der Waals surface area contributed by atoms with Crippen LogP contribution in [0.3, 0.4) is 0 Å². The predicted molar refractivity (Wildman–Crippen MR) is 158 cm³/mol. The lowest BCUT2D eigenvalue weighted by Gasteiger charge is -2.38. The zero-order valence-electron chi connectivity index (χ0n) is 22.1. The molecule has 1 N–H and O–H groups in total. The third-order valence-corrected chi connectivity index (χ3v) is 8.72. The number of aromatic nitrogens is 6. The molecule has 4 heterocycles. The highest BCUT2D eigenvalue weighted by Crippen LogP contribution is 2.32. The number of rotatable bonds is 6. The van der Waals surface area contributed by atoms with Crippen molar-refractivity contribution in [3.8, 4) is 0 Å². The second-order valence-corrected chi connectivity index (χ2v) is 11.2. The van der Waals surface area contributed by atoms with Gasteiger partial charge in [0.05, 0.1) is 22.3 Å². The minimum atomic E-state index is -0.398. The predicted octanol–water partition coefficient (Wildman–Crippen LogP) is 4.39.